The highest BCUT2D eigenvalue weighted by atomic mass is 32.1. The maximum Gasteiger partial charge on any atom is 0.227 e. The zero-order valence-electron chi connectivity index (χ0n) is 12.2. The van der Waals surface area contributed by atoms with E-state index in [1.807, 2.05) is 30.3 Å². The molecule has 1 fully saturated rings. The summed E-state index contributed by atoms with van der Waals surface area (Å²) >= 11 is 1.34. The van der Waals surface area contributed by atoms with Gasteiger partial charge in [-0.15, -0.1) is 10.2 Å². The fourth-order valence-corrected chi connectivity index (χ4v) is 3.24. The van der Waals surface area contributed by atoms with Crippen LogP contribution in [0, 0.1) is 0 Å². The average molecular weight is 316 g/mol. The van der Waals surface area contributed by atoms with Crippen LogP contribution >= 0.6 is 11.3 Å². The number of nitrogens with zero attached hydrogens (tertiary/aromatic N) is 3. The smallest absolute Gasteiger partial charge is 0.227 e. The van der Waals surface area contributed by atoms with E-state index in [4.69, 9.17) is 0 Å². The van der Waals surface area contributed by atoms with Gasteiger partial charge in [0.15, 0.2) is 0 Å². The van der Waals surface area contributed by atoms with Crippen molar-refractivity contribution in [1.29, 1.82) is 0 Å². The molecule has 1 saturated heterocycles. The van der Waals surface area contributed by atoms with E-state index in [1.165, 1.54) is 11.3 Å². The number of rotatable bonds is 4. The second kappa shape index (κ2) is 6.23. The van der Waals surface area contributed by atoms with Crippen molar-refractivity contribution in [2.24, 2.45) is 0 Å². The van der Waals surface area contributed by atoms with Gasteiger partial charge in [-0.25, -0.2) is 0 Å². The highest BCUT2D eigenvalue weighted by Gasteiger charge is 2.33. The van der Waals surface area contributed by atoms with Gasteiger partial charge in [-0.2, -0.15) is 0 Å². The van der Waals surface area contributed by atoms with Gasteiger partial charge in [0.25, 0.3) is 0 Å². The molecular weight excluding hydrogens is 300 g/mol. The van der Waals surface area contributed by atoms with Crippen molar-refractivity contribution in [3.05, 3.63) is 35.3 Å². The average Bonchev–Trinajstić information content (AvgIpc) is 3.14. The third-order valence-corrected chi connectivity index (χ3v) is 4.55. The van der Waals surface area contributed by atoms with E-state index in [0.717, 1.165) is 10.7 Å². The van der Waals surface area contributed by atoms with Crippen LogP contribution in [0.4, 0.5) is 10.8 Å². The Labute approximate surface area is 132 Å². The van der Waals surface area contributed by atoms with Crippen LogP contribution in [0.2, 0.25) is 0 Å². The predicted octanol–water partition coefficient (Wildman–Crippen LogP) is 2.41. The van der Waals surface area contributed by atoms with Crippen molar-refractivity contribution >= 4 is 34.0 Å². The number of nitrogens with one attached hydrogen (secondary N) is 1. The Kier molecular flexibility index (Phi) is 4.15. The van der Waals surface area contributed by atoms with Crippen molar-refractivity contribution in [3.63, 3.8) is 0 Å². The number of carbonyl (C=O) groups is 2. The van der Waals surface area contributed by atoms with Gasteiger partial charge >= 0.3 is 0 Å². The van der Waals surface area contributed by atoms with Gasteiger partial charge in [-0.05, 0) is 12.1 Å². The first-order chi connectivity index (χ1) is 10.7. The van der Waals surface area contributed by atoms with Gasteiger partial charge < -0.3 is 10.2 Å². The van der Waals surface area contributed by atoms with Crippen molar-refractivity contribution in [1.82, 2.24) is 10.2 Å². The van der Waals surface area contributed by atoms with Gasteiger partial charge in [0.1, 0.15) is 5.01 Å². The van der Waals surface area contributed by atoms with Gasteiger partial charge in [0, 0.05) is 31.0 Å². The molecule has 0 radical (unpaired) electrons. The van der Waals surface area contributed by atoms with Crippen LogP contribution in [0.5, 0.6) is 0 Å². The SMILES string of the molecule is CCC(=O)Nc1nnc([C@@H]2CC(=O)N(c3ccccc3)C2)s1. The minimum atomic E-state index is -0.0869. The summed E-state index contributed by atoms with van der Waals surface area (Å²) in [5, 5.41) is 12.1. The Morgan fingerprint density at radius 3 is 2.86 bits per heavy atom. The molecule has 1 aromatic heterocycles. The third kappa shape index (κ3) is 2.99. The van der Waals surface area contributed by atoms with Crippen LogP contribution in [0.1, 0.15) is 30.7 Å². The highest BCUT2D eigenvalue weighted by molar-refractivity contribution is 7.15. The number of hydrogen-bond donors (Lipinski definition) is 1. The first-order valence-electron chi connectivity index (χ1n) is 7.16. The topological polar surface area (TPSA) is 75.2 Å². The monoisotopic (exact) mass is 316 g/mol. The van der Waals surface area contributed by atoms with E-state index in [0.29, 0.717) is 24.5 Å². The molecule has 0 bridgehead atoms. The molecule has 0 unspecified atom stereocenters. The van der Waals surface area contributed by atoms with Gasteiger partial charge in [-0.1, -0.05) is 36.5 Å². The molecule has 0 aliphatic carbocycles. The van der Waals surface area contributed by atoms with Gasteiger partial charge in [0.2, 0.25) is 16.9 Å². The summed E-state index contributed by atoms with van der Waals surface area (Å²) in [6, 6.07) is 9.61. The zero-order chi connectivity index (χ0) is 15.5. The second-order valence-electron chi connectivity index (χ2n) is 5.09. The molecule has 1 N–H and O–H groups in total. The van der Waals surface area contributed by atoms with Crippen LogP contribution in [0.25, 0.3) is 0 Å². The molecule has 3 rings (SSSR count). The molecule has 22 heavy (non-hydrogen) atoms. The third-order valence-electron chi connectivity index (χ3n) is 3.55. The van der Waals surface area contributed by atoms with E-state index in [1.54, 1.807) is 11.8 Å². The number of amides is 2. The number of hydrogen-bond acceptors (Lipinski definition) is 5. The Bertz CT molecular complexity index is 686. The number of benzene rings is 1. The van der Waals surface area contributed by atoms with Crippen LogP contribution < -0.4 is 10.2 Å². The summed E-state index contributed by atoms with van der Waals surface area (Å²) < 4.78 is 0. The molecule has 1 atom stereocenters. The molecular formula is C15H16N4O2S. The van der Waals surface area contributed by atoms with Gasteiger partial charge in [-0.3, -0.25) is 9.59 Å². The molecule has 1 aromatic carbocycles. The molecule has 1 aliphatic heterocycles. The quantitative estimate of drug-likeness (QED) is 0.940. The molecule has 2 amide bonds. The Morgan fingerprint density at radius 1 is 1.36 bits per heavy atom. The largest absolute Gasteiger partial charge is 0.312 e. The predicted molar refractivity (Wildman–Crippen MR) is 85.0 cm³/mol. The lowest BCUT2D eigenvalue weighted by Gasteiger charge is -2.15. The van der Waals surface area contributed by atoms with Crippen LogP contribution in [-0.2, 0) is 9.59 Å². The lowest BCUT2D eigenvalue weighted by atomic mass is 10.1. The van der Waals surface area contributed by atoms with E-state index < -0.39 is 0 Å². The number of aromatic nitrogens is 2. The molecule has 7 heteroatoms. The standard InChI is InChI=1S/C15H16N4O2S/c1-2-12(20)16-15-18-17-14(22-15)10-8-13(21)19(9-10)11-6-4-3-5-7-11/h3-7,10H,2,8-9H2,1H3,(H,16,18,20)/t10-/m1/s1. The molecule has 6 nitrogen and oxygen atoms in total. The summed E-state index contributed by atoms with van der Waals surface area (Å²) in [7, 11) is 0. The first kappa shape index (κ1) is 14.6. The van der Waals surface area contributed by atoms with E-state index >= 15 is 0 Å². The highest BCUT2D eigenvalue weighted by Crippen LogP contribution is 2.34. The molecule has 2 heterocycles. The van der Waals surface area contributed by atoms with Crippen molar-refractivity contribution in [2.45, 2.75) is 25.7 Å². The van der Waals surface area contributed by atoms with Crippen molar-refractivity contribution in [2.75, 3.05) is 16.8 Å². The second-order valence-corrected chi connectivity index (χ2v) is 6.10. The summed E-state index contributed by atoms with van der Waals surface area (Å²) in [5.41, 5.74) is 0.902. The Balaban J connectivity index is 1.72. The van der Waals surface area contributed by atoms with Crippen molar-refractivity contribution < 1.29 is 9.59 Å². The fraction of sp³-hybridized carbons (Fsp3) is 0.333. The van der Waals surface area contributed by atoms with E-state index in [2.05, 4.69) is 15.5 Å². The van der Waals surface area contributed by atoms with E-state index in [9.17, 15) is 9.59 Å². The first-order valence-corrected chi connectivity index (χ1v) is 7.97. The minimum Gasteiger partial charge on any atom is -0.312 e. The minimum absolute atomic E-state index is 0.0254. The summed E-state index contributed by atoms with van der Waals surface area (Å²) in [6.07, 6.45) is 0.823. The number of para-hydroxylation sites is 1. The Hall–Kier alpha value is -2.28. The fourth-order valence-electron chi connectivity index (χ4n) is 2.39. The lowest BCUT2D eigenvalue weighted by Crippen LogP contribution is -2.24. The van der Waals surface area contributed by atoms with Crippen LogP contribution in [0.15, 0.2) is 30.3 Å². The van der Waals surface area contributed by atoms with Crippen LogP contribution in [0.3, 0.4) is 0 Å². The van der Waals surface area contributed by atoms with E-state index in [-0.39, 0.29) is 17.7 Å². The zero-order valence-corrected chi connectivity index (χ0v) is 13.0. The molecule has 1 aliphatic rings. The van der Waals surface area contributed by atoms with Gasteiger partial charge in [0.05, 0.1) is 0 Å². The molecule has 0 spiro atoms. The number of carbonyl (C=O) groups excluding carboxylic acids is 2. The van der Waals surface area contributed by atoms with Crippen LogP contribution in [-0.4, -0.2) is 28.6 Å². The van der Waals surface area contributed by atoms with Crippen molar-refractivity contribution in [3.8, 4) is 0 Å². The number of anilines is 2. The lowest BCUT2D eigenvalue weighted by molar-refractivity contribution is -0.117. The molecule has 114 valence electrons. The normalized spacial score (nSPS) is 17.8. The molecule has 0 saturated carbocycles. The maximum atomic E-state index is 12.2. The summed E-state index contributed by atoms with van der Waals surface area (Å²) in [6.45, 7) is 2.38. The Morgan fingerprint density at radius 2 is 2.14 bits per heavy atom. The molecule has 2 aromatic rings. The summed E-state index contributed by atoms with van der Waals surface area (Å²) in [5.74, 6) is 0.0270. The maximum absolute atomic E-state index is 12.2. The summed E-state index contributed by atoms with van der Waals surface area (Å²) in [4.78, 5) is 25.3.